The van der Waals surface area contributed by atoms with Gasteiger partial charge in [0, 0.05) is 11.6 Å². The van der Waals surface area contributed by atoms with Crippen LogP contribution in [0.1, 0.15) is 18.1 Å². The van der Waals surface area contributed by atoms with Gasteiger partial charge in [0.2, 0.25) is 15.9 Å². The van der Waals surface area contributed by atoms with Gasteiger partial charge in [-0.25, -0.2) is 8.42 Å². The van der Waals surface area contributed by atoms with E-state index < -0.39 is 33.7 Å². The first kappa shape index (κ1) is 23.3. The zero-order valence-corrected chi connectivity index (χ0v) is 17.6. The van der Waals surface area contributed by atoms with Crippen molar-refractivity contribution in [2.24, 2.45) is 0 Å². The maximum absolute atomic E-state index is 12.8. The van der Waals surface area contributed by atoms with Crippen molar-refractivity contribution >= 4 is 44.8 Å². The van der Waals surface area contributed by atoms with Crippen LogP contribution in [0, 0.1) is 0 Å². The number of benzene rings is 2. The number of hydrogen-bond acceptors (Lipinski definition) is 3. The second kappa shape index (κ2) is 8.81. The lowest BCUT2D eigenvalue weighted by Crippen LogP contribution is -2.47. The molecule has 0 heterocycles. The van der Waals surface area contributed by atoms with Crippen molar-refractivity contribution in [3.8, 4) is 0 Å². The van der Waals surface area contributed by atoms with Crippen LogP contribution in [0.5, 0.6) is 0 Å². The molecule has 2 rings (SSSR count). The number of nitrogens with zero attached hydrogens (tertiary/aromatic N) is 1. The predicted octanol–water partition coefficient (Wildman–Crippen LogP) is 4.48. The van der Waals surface area contributed by atoms with Gasteiger partial charge in [0.15, 0.2) is 0 Å². The highest BCUT2D eigenvalue weighted by molar-refractivity contribution is 7.92. The van der Waals surface area contributed by atoms with Crippen LogP contribution < -0.4 is 9.62 Å². The minimum absolute atomic E-state index is 0.0170. The van der Waals surface area contributed by atoms with Gasteiger partial charge in [-0.1, -0.05) is 35.3 Å². The number of rotatable bonds is 6. The van der Waals surface area contributed by atoms with Gasteiger partial charge in [-0.2, -0.15) is 13.2 Å². The van der Waals surface area contributed by atoms with Gasteiger partial charge in [-0.15, -0.1) is 0 Å². The summed E-state index contributed by atoms with van der Waals surface area (Å²) in [6.07, 6.45) is -3.61. The molecule has 5 nitrogen and oxygen atoms in total. The maximum atomic E-state index is 12.8. The monoisotopic (exact) mass is 468 g/mol. The molecule has 2 aromatic rings. The third kappa shape index (κ3) is 6.01. The fourth-order valence-electron chi connectivity index (χ4n) is 2.63. The van der Waals surface area contributed by atoms with Crippen LogP contribution in [0.4, 0.5) is 18.9 Å². The minimum Gasteiger partial charge on any atom is -0.350 e. The minimum atomic E-state index is -4.51. The molecule has 0 radical (unpaired) electrons. The van der Waals surface area contributed by atoms with Crippen molar-refractivity contribution in [1.29, 1.82) is 0 Å². The topological polar surface area (TPSA) is 66.5 Å². The second-order valence-electron chi connectivity index (χ2n) is 6.25. The van der Waals surface area contributed by atoms with Crippen LogP contribution in [-0.4, -0.2) is 26.6 Å². The number of nitrogens with one attached hydrogen (secondary N) is 1. The third-order valence-corrected chi connectivity index (χ3v) is 5.74. The van der Waals surface area contributed by atoms with Gasteiger partial charge in [-0.05, 0) is 42.8 Å². The Kier molecular flexibility index (Phi) is 7.08. The fraction of sp³-hybridized carbons (Fsp3) is 0.278. The molecular formula is C18H17Cl2F3N2O3S. The Balaban J connectivity index is 2.24. The largest absolute Gasteiger partial charge is 0.416 e. The average Bonchev–Trinajstić information content (AvgIpc) is 2.61. The molecule has 0 aromatic heterocycles. The standard InChI is InChI=1S/C18H17Cl2F3N2O3S/c1-11(25(29(2,27)28)16-9-14(19)6-7-15(16)20)17(26)24-10-12-4-3-5-13(8-12)18(21,22)23/h3-9,11H,10H2,1-2H3,(H,24,26). The summed E-state index contributed by atoms with van der Waals surface area (Å²) in [4.78, 5) is 12.5. The Morgan fingerprint density at radius 2 is 1.83 bits per heavy atom. The van der Waals surface area contributed by atoms with Gasteiger partial charge in [0.05, 0.1) is 22.5 Å². The summed E-state index contributed by atoms with van der Waals surface area (Å²) in [7, 11) is -3.93. The van der Waals surface area contributed by atoms with Crippen LogP contribution in [0.3, 0.4) is 0 Å². The lowest BCUT2D eigenvalue weighted by molar-refractivity contribution is -0.137. The molecule has 1 N–H and O–H groups in total. The van der Waals surface area contributed by atoms with Crippen molar-refractivity contribution in [3.05, 3.63) is 63.6 Å². The molecule has 0 bridgehead atoms. The van der Waals surface area contributed by atoms with Crippen molar-refractivity contribution in [2.45, 2.75) is 25.7 Å². The number of carbonyl (C=O) groups is 1. The molecule has 1 unspecified atom stereocenters. The highest BCUT2D eigenvalue weighted by Crippen LogP contribution is 2.32. The zero-order valence-electron chi connectivity index (χ0n) is 15.3. The van der Waals surface area contributed by atoms with E-state index in [4.69, 9.17) is 23.2 Å². The summed E-state index contributed by atoms with van der Waals surface area (Å²) in [5.41, 5.74) is -0.615. The molecule has 29 heavy (non-hydrogen) atoms. The average molecular weight is 469 g/mol. The number of amides is 1. The van der Waals surface area contributed by atoms with E-state index in [0.29, 0.717) is 0 Å². The van der Waals surface area contributed by atoms with Crippen molar-refractivity contribution in [2.75, 3.05) is 10.6 Å². The molecule has 0 saturated carbocycles. The SMILES string of the molecule is CC(C(=O)NCc1cccc(C(F)(F)F)c1)N(c1cc(Cl)ccc1Cl)S(C)(=O)=O. The Morgan fingerprint density at radius 1 is 1.17 bits per heavy atom. The van der Waals surface area contributed by atoms with E-state index >= 15 is 0 Å². The molecular weight excluding hydrogens is 452 g/mol. The highest BCUT2D eigenvalue weighted by Gasteiger charge is 2.32. The van der Waals surface area contributed by atoms with Crippen molar-refractivity contribution in [1.82, 2.24) is 5.32 Å². The summed E-state index contributed by atoms with van der Waals surface area (Å²) in [6, 6.07) is 7.41. The zero-order chi connectivity index (χ0) is 22.0. The number of hydrogen-bond donors (Lipinski definition) is 1. The number of anilines is 1. The Bertz CT molecular complexity index is 1010. The molecule has 158 valence electrons. The Morgan fingerprint density at radius 3 is 2.41 bits per heavy atom. The van der Waals surface area contributed by atoms with Crippen LogP contribution in [-0.2, 0) is 27.5 Å². The molecule has 1 amide bonds. The molecule has 2 aromatic carbocycles. The third-order valence-electron chi connectivity index (χ3n) is 3.96. The molecule has 0 spiro atoms. The molecule has 1 atom stereocenters. The van der Waals surface area contributed by atoms with E-state index in [0.717, 1.165) is 22.7 Å². The number of sulfonamides is 1. The molecule has 0 saturated heterocycles. The smallest absolute Gasteiger partial charge is 0.350 e. The number of halogens is 5. The number of carbonyl (C=O) groups excluding carboxylic acids is 1. The van der Waals surface area contributed by atoms with E-state index in [1.165, 1.54) is 37.3 Å². The van der Waals surface area contributed by atoms with Crippen molar-refractivity contribution in [3.63, 3.8) is 0 Å². The lowest BCUT2D eigenvalue weighted by atomic mass is 10.1. The first-order chi connectivity index (χ1) is 13.3. The lowest BCUT2D eigenvalue weighted by Gasteiger charge is -2.29. The molecule has 0 aliphatic rings. The quantitative estimate of drug-likeness (QED) is 0.679. The summed E-state index contributed by atoms with van der Waals surface area (Å²) in [6.45, 7) is 1.12. The summed E-state index contributed by atoms with van der Waals surface area (Å²) in [5.74, 6) is -0.719. The fourth-order valence-corrected chi connectivity index (χ4v) is 4.23. The summed E-state index contributed by atoms with van der Waals surface area (Å²) < 4.78 is 63.8. The van der Waals surface area contributed by atoms with Gasteiger partial charge in [-0.3, -0.25) is 9.10 Å². The highest BCUT2D eigenvalue weighted by atomic mass is 35.5. The van der Waals surface area contributed by atoms with E-state index in [1.807, 2.05) is 0 Å². The van der Waals surface area contributed by atoms with E-state index in [9.17, 15) is 26.4 Å². The maximum Gasteiger partial charge on any atom is 0.416 e. The molecule has 0 fully saturated rings. The second-order valence-corrected chi connectivity index (χ2v) is 8.95. The van der Waals surface area contributed by atoms with E-state index in [1.54, 1.807) is 0 Å². The van der Waals surface area contributed by atoms with Gasteiger partial charge >= 0.3 is 6.18 Å². The molecule has 0 aliphatic heterocycles. The normalized spacial score (nSPS) is 13.1. The van der Waals surface area contributed by atoms with E-state index in [2.05, 4.69) is 5.32 Å². The molecule has 0 aliphatic carbocycles. The van der Waals surface area contributed by atoms with Crippen LogP contribution in [0.15, 0.2) is 42.5 Å². The number of alkyl halides is 3. The van der Waals surface area contributed by atoms with Crippen molar-refractivity contribution < 1.29 is 26.4 Å². The Hall–Kier alpha value is -1.97. The van der Waals surface area contributed by atoms with Crippen LogP contribution in [0.25, 0.3) is 0 Å². The molecule has 11 heteroatoms. The van der Waals surface area contributed by atoms with Gasteiger partial charge in [0.25, 0.3) is 0 Å². The van der Waals surface area contributed by atoms with Gasteiger partial charge in [0.1, 0.15) is 6.04 Å². The summed E-state index contributed by atoms with van der Waals surface area (Å²) >= 11 is 12.0. The summed E-state index contributed by atoms with van der Waals surface area (Å²) in [5, 5.41) is 2.73. The first-order valence-electron chi connectivity index (χ1n) is 8.19. The Labute approximate surface area is 176 Å². The first-order valence-corrected chi connectivity index (χ1v) is 10.8. The van der Waals surface area contributed by atoms with Crippen LogP contribution >= 0.6 is 23.2 Å². The van der Waals surface area contributed by atoms with E-state index in [-0.39, 0.29) is 27.8 Å². The van der Waals surface area contributed by atoms with Crippen LogP contribution in [0.2, 0.25) is 10.0 Å². The predicted molar refractivity (Wildman–Crippen MR) is 107 cm³/mol. The van der Waals surface area contributed by atoms with Gasteiger partial charge < -0.3 is 5.32 Å².